The highest BCUT2D eigenvalue weighted by Gasteiger charge is 2.06. The molecule has 0 heterocycles. The van der Waals surface area contributed by atoms with Gasteiger partial charge in [0, 0.05) is 17.9 Å². The molecule has 2 rings (SSSR count). The maximum Gasteiger partial charge on any atom is 0.0416 e. The Kier molecular flexibility index (Phi) is 3.83. The maximum atomic E-state index is 4.11. The molecule has 0 aliphatic carbocycles. The van der Waals surface area contributed by atoms with Gasteiger partial charge in [-0.1, -0.05) is 43.0 Å². The van der Waals surface area contributed by atoms with Crippen LogP contribution in [0.3, 0.4) is 0 Å². The van der Waals surface area contributed by atoms with Crippen molar-refractivity contribution in [1.29, 1.82) is 0 Å². The molecule has 0 aromatic heterocycles. The molecule has 2 aromatic rings. The zero-order valence-electron chi connectivity index (χ0n) is 11.1. The Morgan fingerprint density at radius 3 is 2.56 bits per heavy atom. The van der Waals surface area contributed by atoms with E-state index in [0.29, 0.717) is 0 Å². The van der Waals surface area contributed by atoms with Gasteiger partial charge < -0.3 is 4.90 Å². The summed E-state index contributed by atoms with van der Waals surface area (Å²) in [5.41, 5.74) is 2.22. The summed E-state index contributed by atoms with van der Waals surface area (Å²) < 4.78 is 0. The zero-order chi connectivity index (χ0) is 13.0. The average molecular weight is 237 g/mol. The van der Waals surface area contributed by atoms with Crippen LogP contribution >= 0.6 is 0 Å². The lowest BCUT2D eigenvalue weighted by molar-refractivity contribution is 0.983. The van der Waals surface area contributed by atoms with Crippen LogP contribution in [-0.4, -0.2) is 6.54 Å². The second-order valence-corrected chi connectivity index (χ2v) is 4.27. The van der Waals surface area contributed by atoms with Gasteiger partial charge in [0.05, 0.1) is 0 Å². The van der Waals surface area contributed by atoms with E-state index in [1.807, 2.05) is 19.1 Å². The molecule has 0 unspecified atom stereocenters. The second-order valence-electron chi connectivity index (χ2n) is 4.27. The third-order valence-electron chi connectivity index (χ3n) is 3.07. The molecule has 92 valence electrons. The molecule has 18 heavy (non-hydrogen) atoms. The van der Waals surface area contributed by atoms with Gasteiger partial charge in [0.25, 0.3) is 0 Å². The predicted octanol–water partition coefficient (Wildman–Crippen LogP) is 4.76. The number of fused-ring (bicyclic) bond motifs is 1. The summed E-state index contributed by atoms with van der Waals surface area (Å²) in [6.45, 7) is 9.19. The summed E-state index contributed by atoms with van der Waals surface area (Å²) in [4.78, 5) is 2.21. The quantitative estimate of drug-likeness (QED) is 0.693. The number of hydrogen-bond acceptors (Lipinski definition) is 1. The first kappa shape index (κ1) is 12.4. The molecule has 0 bridgehead atoms. The van der Waals surface area contributed by atoms with E-state index < -0.39 is 0 Å². The van der Waals surface area contributed by atoms with Gasteiger partial charge in [-0.25, -0.2) is 0 Å². The summed E-state index contributed by atoms with van der Waals surface area (Å²) >= 11 is 0. The van der Waals surface area contributed by atoms with Gasteiger partial charge in [-0.05, 0) is 42.8 Å². The Morgan fingerprint density at radius 1 is 1.17 bits per heavy atom. The molecule has 0 atom stereocenters. The van der Waals surface area contributed by atoms with Crippen molar-refractivity contribution in [1.82, 2.24) is 0 Å². The van der Waals surface area contributed by atoms with Crippen molar-refractivity contribution in [2.75, 3.05) is 11.4 Å². The van der Waals surface area contributed by atoms with Crippen molar-refractivity contribution in [3.05, 3.63) is 66.9 Å². The zero-order valence-corrected chi connectivity index (χ0v) is 11.1. The van der Waals surface area contributed by atoms with Crippen LogP contribution in [0, 0.1) is 0 Å². The summed E-state index contributed by atoms with van der Waals surface area (Å²) in [7, 11) is 0. The summed E-state index contributed by atoms with van der Waals surface area (Å²) in [5.74, 6) is 0. The van der Waals surface area contributed by atoms with Crippen LogP contribution in [0.25, 0.3) is 10.8 Å². The molecule has 0 amide bonds. The van der Waals surface area contributed by atoms with Crippen LogP contribution in [-0.2, 0) is 0 Å². The Labute approximate surface area is 109 Å². The number of rotatable bonds is 4. The monoisotopic (exact) mass is 237 g/mol. The largest absolute Gasteiger partial charge is 0.342 e. The molecular formula is C17H19N. The lowest BCUT2D eigenvalue weighted by Crippen LogP contribution is -2.19. The van der Waals surface area contributed by atoms with Gasteiger partial charge in [0.2, 0.25) is 0 Å². The Bertz CT molecular complexity index is 581. The third-order valence-corrected chi connectivity index (χ3v) is 3.07. The van der Waals surface area contributed by atoms with Crippen molar-refractivity contribution in [2.24, 2.45) is 0 Å². The van der Waals surface area contributed by atoms with Crippen molar-refractivity contribution in [3.8, 4) is 0 Å². The van der Waals surface area contributed by atoms with E-state index in [-0.39, 0.29) is 0 Å². The summed E-state index contributed by atoms with van der Waals surface area (Å²) in [6, 6.07) is 15.0. The summed E-state index contributed by atoms with van der Waals surface area (Å²) in [5, 5.41) is 2.54. The van der Waals surface area contributed by atoms with Gasteiger partial charge >= 0.3 is 0 Å². The lowest BCUT2D eigenvalue weighted by atomic mass is 10.1. The summed E-state index contributed by atoms with van der Waals surface area (Å²) in [6.07, 6.45) is 4.06. The van der Waals surface area contributed by atoms with Crippen LogP contribution in [0.15, 0.2) is 66.9 Å². The highest BCUT2D eigenvalue weighted by molar-refractivity contribution is 5.86. The second kappa shape index (κ2) is 5.54. The van der Waals surface area contributed by atoms with Gasteiger partial charge in [-0.3, -0.25) is 0 Å². The minimum absolute atomic E-state index is 0.918. The predicted molar refractivity (Wildman–Crippen MR) is 80.9 cm³/mol. The smallest absolute Gasteiger partial charge is 0.0416 e. The molecular weight excluding hydrogens is 218 g/mol. The van der Waals surface area contributed by atoms with E-state index in [4.69, 9.17) is 0 Å². The number of nitrogens with zero attached hydrogens (tertiary/aromatic N) is 1. The maximum absolute atomic E-state index is 4.11. The van der Waals surface area contributed by atoms with Crippen LogP contribution in [0.4, 0.5) is 5.69 Å². The molecule has 0 aliphatic heterocycles. The Morgan fingerprint density at radius 2 is 1.89 bits per heavy atom. The third kappa shape index (κ3) is 2.45. The van der Waals surface area contributed by atoms with E-state index >= 15 is 0 Å². The van der Waals surface area contributed by atoms with Crippen molar-refractivity contribution < 1.29 is 0 Å². The fourth-order valence-electron chi connectivity index (χ4n) is 2.18. The van der Waals surface area contributed by atoms with E-state index in [1.54, 1.807) is 0 Å². The number of anilines is 1. The first-order chi connectivity index (χ1) is 8.76. The normalized spacial score (nSPS) is 11.0. The number of likely N-dealkylation sites (N-methyl/N-ethyl adjacent to an activating group) is 1. The molecule has 0 radical (unpaired) electrons. The molecule has 0 fully saturated rings. The fraction of sp³-hybridized carbons (Fsp3) is 0.176. The first-order valence-corrected chi connectivity index (χ1v) is 6.34. The van der Waals surface area contributed by atoms with E-state index in [2.05, 4.69) is 60.9 Å². The van der Waals surface area contributed by atoms with E-state index in [0.717, 1.165) is 12.2 Å². The molecule has 0 aliphatic rings. The number of allylic oxidation sites excluding steroid dienone is 2. The van der Waals surface area contributed by atoms with Crippen molar-refractivity contribution in [3.63, 3.8) is 0 Å². The minimum Gasteiger partial charge on any atom is -0.342 e. The topological polar surface area (TPSA) is 3.24 Å². The first-order valence-electron chi connectivity index (χ1n) is 6.34. The Hall–Kier alpha value is -2.02. The highest BCUT2D eigenvalue weighted by Crippen LogP contribution is 2.24. The number of hydrogen-bond donors (Lipinski definition) is 0. The highest BCUT2D eigenvalue weighted by atomic mass is 15.1. The van der Waals surface area contributed by atoms with Gasteiger partial charge in [0.15, 0.2) is 0 Å². The van der Waals surface area contributed by atoms with Gasteiger partial charge in [0.1, 0.15) is 0 Å². The standard InChI is InChI=1S/C17H19N/c1-4-8-14(3)18(5-2)17-12-11-15-9-6-7-10-16(15)13-17/h4,6-13H,3,5H2,1-2H3/b8-4-. The molecule has 0 N–H and O–H groups in total. The minimum atomic E-state index is 0.918. The fourth-order valence-corrected chi connectivity index (χ4v) is 2.18. The van der Waals surface area contributed by atoms with Crippen LogP contribution in [0.2, 0.25) is 0 Å². The van der Waals surface area contributed by atoms with Gasteiger partial charge in [-0.2, -0.15) is 0 Å². The van der Waals surface area contributed by atoms with E-state index in [9.17, 15) is 0 Å². The molecule has 1 heteroatoms. The van der Waals surface area contributed by atoms with Crippen LogP contribution in [0.1, 0.15) is 13.8 Å². The molecule has 1 nitrogen and oxygen atoms in total. The molecule has 0 saturated heterocycles. The SMILES string of the molecule is C=C(/C=C\C)N(CC)c1ccc2ccccc2c1. The molecule has 2 aromatic carbocycles. The molecule has 0 spiro atoms. The average Bonchev–Trinajstić information content (AvgIpc) is 2.40. The van der Waals surface area contributed by atoms with E-state index in [1.165, 1.54) is 16.5 Å². The number of benzene rings is 2. The Balaban J connectivity index is 2.42. The van der Waals surface area contributed by atoms with Crippen LogP contribution in [0.5, 0.6) is 0 Å². The molecule has 0 saturated carbocycles. The van der Waals surface area contributed by atoms with Crippen molar-refractivity contribution >= 4 is 16.5 Å². The van der Waals surface area contributed by atoms with Crippen molar-refractivity contribution in [2.45, 2.75) is 13.8 Å². The lowest BCUT2D eigenvalue weighted by Gasteiger charge is -2.23. The van der Waals surface area contributed by atoms with Gasteiger partial charge in [-0.15, -0.1) is 0 Å². The van der Waals surface area contributed by atoms with Crippen LogP contribution < -0.4 is 4.90 Å².